The van der Waals surface area contributed by atoms with E-state index in [1.54, 1.807) is 19.3 Å². The fourth-order valence-corrected chi connectivity index (χ4v) is 2.14. The second kappa shape index (κ2) is 7.81. The summed E-state index contributed by atoms with van der Waals surface area (Å²) >= 11 is 0. The molecule has 0 aliphatic carbocycles. The fraction of sp³-hybridized carbons (Fsp3) is 0.188. The number of nitrogens with zero attached hydrogens (tertiary/aromatic N) is 3. The summed E-state index contributed by atoms with van der Waals surface area (Å²) in [6.07, 6.45) is 3.65. The van der Waals surface area contributed by atoms with Gasteiger partial charge in [0.25, 0.3) is 0 Å². The van der Waals surface area contributed by atoms with Crippen LogP contribution in [0.25, 0.3) is 11.4 Å². The molecule has 113 valence electrons. The molecule has 0 saturated heterocycles. The molecule has 3 rings (SSSR count). The minimum absolute atomic E-state index is 0. The van der Waals surface area contributed by atoms with Crippen LogP contribution in [-0.4, -0.2) is 51.2 Å². The molecule has 0 unspecified atom stereocenters. The van der Waals surface area contributed by atoms with Gasteiger partial charge in [0, 0.05) is 37.7 Å². The van der Waals surface area contributed by atoms with E-state index in [2.05, 4.69) is 27.3 Å². The van der Waals surface area contributed by atoms with Crippen LogP contribution in [0.3, 0.4) is 0 Å². The molecular formula is C16H16LiN4O2. The van der Waals surface area contributed by atoms with Crippen LogP contribution in [0.4, 0.5) is 0 Å². The first-order valence-corrected chi connectivity index (χ1v) is 7.05. The van der Waals surface area contributed by atoms with Crippen LogP contribution in [0.2, 0.25) is 0 Å². The third-order valence-corrected chi connectivity index (χ3v) is 3.18. The standard InChI is InChI=1S/C16H16N4O2.Li/c1-2-22-16(21)14-8-13(18-19-14)15-10-20(11-17-15)9-12-6-4-3-5-7-12;/h3-8,10-11H,2,9H2,1H3,(H,18,19);. The Morgan fingerprint density at radius 1 is 1.26 bits per heavy atom. The molecule has 3 aromatic rings. The van der Waals surface area contributed by atoms with Crippen molar-refractivity contribution in [2.75, 3.05) is 6.61 Å². The maximum absolute atomic E-state index is 11.6. The van der Waals surface area contributed by atoms with Gasteiger partial charge in [-0.2, -0.15) is 5.10 Å². The molecule has 0 aliphatic rings. The van der Waals surface area contributed by atoms with Crippen LogP contribution in [0.15, 0.2) is 48.9 Å². The Bertz CT molecular complexity index is 767. The molecule has 0 atom stereocenters. The average Bonchev–Trinajstić information content (AvgIpc) is 3.17. The predicted molar refractivity (Wildman–Crippen MR) is 87.1 cm³/mol. The normalized spacial score (nSPS) is 10.1. The summed E-state index contributed by atoms with van der Waals surface area (Å²) in [6.45, 7) is 2.84. The van der Waals surface area contributed by atoms with Crippen molar-refractivity contribution in [1.29, 1.82) is 0 Å². The van der Waals surface area contributed by atoms with Gasteiger partial charge in [-0.15, -0.1) is 0 Å². The summed E-state index contributed by atoms with van der Waals surface area (Å²) in [4.78, 5) is 15.9. The number of aromatic nitrogens is 4. The van der Waals surface area contributed by atoms with Gasteiger partial charge in [0.05, 0.1) is 12.9 Å². The number of hydrogen-bond acceptors (Lipinski definition) is 4. The van der Waals surface area contributed by atoms with E-state index in [1.807, 2.05) is 29.0 Å². The summed E-state index contributed by atoms with van der Waals surface area (Å²) in [5, 5.41) is 6.78. The van der Waals surface area contributed by atoms with Gasteiger partial charge >= 0.3 is 5.97 Å². The van der Waals surface area contributed by atoms with E-state index in [-0.39, 0.29) is 18.9 Å². The summed E-state index contributed by atoms with van der Waals surface area (Å²) in [6, 6.07) is 11.8. The second-order valence-corrected chi connectivity index (χ2v) is 4.80. The monoisotopic (exact) mass is 303 g/mol. The molecule has 2 aromatic heterocycles. The molecule has 1 N–H and O–H groups in total. The zero-order chi connectivity index (χ0) is 15.4. The van der Waals surface area contributed by atoms with E-state index >= 15 is 0 Å². The molecular weight excluding hydrogens is 287 g/mol. The van der Waals surface area contributed by atoms with E-state index in [1.165, 1.54) is 5.56 Å². The predicted octanol–water partition coefficient (Wildman–Crippen LogP) is 2.12. The summed E-state index contributed by atoms with van der Waals surface area (Å²) < 4.78 is 6.90. The number of carbonyl (C=O) groups is 1. The summed E-state index contributed by atoms with van der Waals surface area (Å²) in [7, 11) is 0. The minimum atomic E-state index is -0.412. The first-order valence-electron chi connectivity index (χ1n) is 7.05. The average molecular weight is 303 g/mol. The van der Waals surface area contributed by atoms with Crippen LogP contribution in [0.5, 0.6) is 0 Å². The van der Waals surface area contributed by atoms with Crippen LogP contribution >= 0.6 is 0 Å². The number of hydrogen-bond donors (Lipinski definition) is 1. The van der Waals surface area contributed by atoms with Crippen molar-refractivity contribution >= 4 is 24.8 Å². The Hall–Kier alpha value is -2.29. The number of rotatable bonds is 5. The fourth-order valence-electron chi connectivity index (χ4n) is 2.14. The van der Waals surface area contributed by atoms with Crippen molar-refractivity contribution < 1.29 is 9.53 Å². The maximum atomic E-state index is 11.6. The number of esters is 1. The van der Waals surface area contributed by atoms with Gasteiger partial charge in [-0.25, -0.2) is 9.78 Å². The van der Waals surface area contributed by atoms with Gasteiger partial charge in [0.2, 0.25) is 0 Å². The molecule has 2 heterocycles. The zero-order valence-electron chi connectivity index (χ0n) is 13.2. The zero-order valence-corrected chi connectivity index (χ0v) is 13.2. The maximum Gasteiger partial charge on any atom is 0.356 e. The van der Waals surface area contributed by atoms with Crippen molar-refractivity contribution in [1.82, 2.24) is 19.7 Å². The van der Waals surface area contributed by atoms with Crippen LogP contribution in [0, 0.1) is 0 Å². The van der Waals surface area contributed by atoms with Gasteiger partial charge in [-0.3, -0.25) is 5.10 Å². The largest absolute Gasteiger partial charge is 0.461 e. The third kappa shape index (κ3) is 4.12. The van der Waals surface area contributed by atoms with Crippen molar-refractivity contribution in [3.63, 3.8) is 0 Å². The molecule has 0 fully saturated rings. The Morgan fingerprint density at radius 2 is 2.04 bits per heavy atom. The molecule has 6 nitrogen and oxygen atoms in total. The van der Waals surface area contributed by atoms with E-state index in [0.717, 1.165) is 6.54 Å². The number of benzene rings is 1. The number of imidazole rings is 1. The number of ether oxygens (including phenoxy) is 1. The van der Waals surface area contributed by atoms with Gasteiger partial charge in [-0.05, 0) is 12.5 Å². The molecule has 1 radical (unpaired) electrons. The Kier molecular flexibility index (Phi) is 5.80. The van der Waals surface area contributed by atoms with Gasteiger partial charge in [0.1, 0.15) is 17.1 Å². The van der Waals surface area contributed by atoms with Gasteiger partial charge in [0.15, 0.2) is 0 Å². The van der Waals surface area contributed by atoms with E-state index in [0.29, 0.717) is 23.7 Å². The number of carbonyl (C=O) groups excluding carboxylic acids is 1. The molecule has 0 spiro atoms. The second-order valence-electron chi connectivity index (χ2n) is 4.80. The molecule has 1 aromatic carbocycles. The third-order valence-electron chi connectivity index (χ3n) is 3.18. The van der Waals surface area contributed by atoms with Crippen molar-refractivity contribution in [3.8, 4) is 11.4 Å². The summed E-state index contributed by atoms with van der Waals surface area (Å²) in [5.41, 5.74) is 2.85. The molecule has 0 bridgehead atoms. The van der Waals surface area contributed by atoms with Gasteiger partial charge < -0.3 is 9.30 Å². The number of aromatic amines is 1. The molecule has 0 amide bonds. The van der Waals surface area contributed by atoms with Crippen molar-refractivity contribution in [3.05, 3.63) is 60.2 Å². The number of nitrogens with one attached hydrogen (secondary N) is 1. The first kappa shape index (κ1) is 17.1. The minimum Gasteiger partial charge on any atom is -0.461 e. The van der Waals surface area contributed by atoms with Gasteiger partial charge in [-0.1, -0.05) is 30.3 Å². The Labute approximate surface area is 146 Å². The molecule has 0 aliphatic heterocycles. The molecule has 7 heteroatoms. The molecule has 0 saturated carbocycles. The first-order chi connectivity index (χ1) is 10.8. The smallest absolute Gasteiger partial charge is 0.356 e. The van der Waals surface area contributed by atoms with Crippen molar-refractivity contribution in [2.24, 2.45) is 0 Å². The van der Waals surface area contributed by atoms with Crippen molar-refractivity contribution in [2.45, 2.75) is 13.5 Å². The van der Waals surface area contributed by atoms with E-state index in [4.69, 9.17) is 4.74 Å². The SMILES string of the molecule is CCOC(=O)c1cc(-c2cn(Cc3ccccc3)cn2)n[nH]1.[Li]. The summed E-state index contributed by atoms with van der Waals surface area (Å²) in [5.74, 6) is -0.412. The van der Waals surface area contributed by atoms with Crippen LogP contribution < -0.4 is 0 Å². The topological polar surface area (TPSA) is 72.8 Å². The number of H-pyrrole nitrogens is 1. The quantitative estimate of drug-likeness (QED) is 0.579. The van der Waals surface area contributed by atoms with E-state index < -0.39 is 5.97 Å². The Balaban J connectivity index is 0.00000192. The van der Waals surface area contributed by atoms with E-state index in [9.17, 15) is 4.79 Å². The van der Waals surface area contributed by atoms with Crippen LogP contribution in [-0.2, 0) is 11.3 Å². The Morgan fingerprint density at radius 3 is 2.78 bits per heavy atom. The molecule has 23 heavy (non-hydrogen) atoms. The van der Waals surface area contributed by atoms with Crippen LogP contribution in [0.1, 0.15) is 23.0 Å².